The van der Waals surface area contributed by atoms with Gasteiger partial charge in [-0.2, -0.15) is 0 Å². The predicted octanol–water partition coefficient (Wildman–Crippen LogP) is 4.17. The standard InChI is InChI=1S/C22H24FN3O2/c23-16-11-9-15(10-12-16)21(27)24-18-13-19-7-4-8-20(14-18)26(19)22(28)25-17-5-2-1-3-6-17/h1-3,5-6,9-12,18-20H,4,7-8,13-14H2,(H,24,27)(H,25,28)/t18?,19-,20+. The summed E-state index contributed by atoms with van der Waals surface area (Å²) in [6, 6.07) is 15.2. The number of piperidine rings is 2. The van der Waals surface area contributed by atoms with Crippen molar-refractivity contribution in [2.45, 2.75) is 50.2 Å². The zero-order valence-electron chi connectivity index (χ0n) is 15.6. The average Bonchev–Trinajstić information content (AvgIpc) is 2.68. The molecule has 146 valence electrons. The molecule has 0 saturated carbocycles. The highest BCUT2D eigenvalue weighted by atomic mass is 19.1. The molecule has 0 spiro atoms. The molecule has 2 saturated heterocycles. The molecular weight excluding hydrogens is 357 g/mol. The Morgan fingerprint density at radius 1 is 0.929 bits per heavy atom. The van der Waals surface area contributed by atoms with Gasteiger partial charge in [0.05, 0.1) is 0 Å². The molecule has 5 nitrogen and oxygen atoms in total. The summed E-state index contributed by atoms with van der Waals surface area (Å²) >= 11 is 0. The van der Waals surface area contributed by atoms with Crippen molar-refractivity contribution in [3.8, 4) is 0 Å². The van der Waals surface area contributed by atoms with Crippen LogP contribution >= 0.6 is 0 Å². The van der Waals surface area contributed by atoms with E-state index < -0.39 is 0 Å². The second-order valence-corrected chi connectivity index (χ2v) is 7.59. The topological polar surface area (TPSA) is 61.4 Å². The van der Waals surface area contributed by atoms with Crippen molar-refractivity contribution < 1.29 is 14.0 Å². The van der Waals surface area contributed by atoms with Crippen molar-refractivity contribution in [3.05, 3.63) is 66.0 Å². The molecule has 2 N–H and O–H groups in total. The second-order valence-electron chi connectivity index (χ2n) is 7.59. The summed E-state index contributed by atoms with van der Waals surface area (Å²) in [5, 5.41) is 6.06. The highest BCUT2D eigenvalue weighted by Gasteiger charge is 2.41. The number of anilines is 1. The van der Waals surface area contributed by atoms with Crippen molar-refractivity contribution in [1.29, 1.82) is 0 Å². The number of hydrogen-bond acceptors (Lipinski definition) is 2. The van der Waals surface area contributed by atoms with Gasteiger partial charge in [0.1, 0.15) is 5.82 Å². The zero-order valence-corrected chi connectivity index (χ0v) is 15.6. The van der Waals surface area contributed by atoms with Crippen LogP contribution in [0.5, 0.6) is 0 Å². The van der Waals surface area contributed by atoms with Crippen LogP contribution in [0.25, 0.3) is 0 Å². The Kier molecular flexibility index (Phi) is 5.28. The minimum absolute atomic E-state index is 0.0219. The molecule has 0 aromatic heterocycles. The average molecular weight is 381 g/mol. The van der Waals surface area contributed by atoms with E-state index in [9.17, 15) is 14.0 Å². The lowest BCUT2D eigenvalue weighted by Crippen LogP contribution is -2.59. The first-order valence-corrected chi connectivity index (χ1v) is 9.81. The van der Waals surface area contributed by atoms with E-state index in [1.165, 1.54) is 24.3 Å². The minimum Gasteiger partial charge on any atom is -0.349 e. The van der Waals surface area contributed by atoms with Gasteiger partial charge in [-0.25, -0.2) is 9.18 Å². The van der Waals surface area contributed by atoms with Crippen molar-refractivity contribution in [2.75, 3.05) is 5.32 Å². The molecule has 1 unspecified atom stereocenters. The van der Waals surface area contributed by atoms with Gasteiger partial charge in [-0.05, 0) is 68.5 Å². The first-order valence-electron chi connectivity index (χ1n) is 9.81. The maximum Gasteiger partial charge on any atom is 0.322 e. The highest BCUT2D eigenvalue weighted by molar-refractivity contribution is 5.94. The summed E-state index contributed by atoms with van der Waals surface area (Å²) in [7, 11) is 0. The Bertz CT molecular complexity index is 827. The summed E-state index contributed by atoms with van der Waals surface area (Å²) in [5.74, 6) is -0.547. The molecule has 0 radical (unpaired) electrons. The number of amides is 3. The second kappa shape index (κ2) is 8.00. The van der Waals surface area contributed by atoms with Crippen LogP contribution in [-0.4, -0.2) is 35.0 Å². The van der Waals surface area contributed by atoms with Crippen molar-refractivity contribution in [1.82, 2.24) is 10.2 Å². The summed E-state index contributed by atoms with van der Waals surface area (Å²) in [5.41, 5.74) is 1.24. The fourth-order valence-corrected chi connectivity index (χ4v) is 4.41. The van der Waals surface area contributed by atoms with Crippen LogP contribution in [-0.2, 0) is 0 Å². The number of nitrogens with one attached hydrogen (secondary N) is 2. The third kappa shape index (κ3) is 4.01. The number of fused-ring (bicyclic) bond motifs is 2. The molecule has 2 aliphatic heterocycles. The van der Waals surface area contributed by atoms with Gasteiger partial charge in [0, 0.05) is 29.4 Å². The molecule has 6 heteroatoms. The molecule has 2 bridgehead atoms. The Morgan fingerprint density at radius 3 is 2.21 bits per heavy atom. The molecule has 2 fully saturated rings. The molecule has 3 atom stereocenters. The van der Waals surface area contributed by atoms with E-state index in [0.717, 1.165) is 37.8 Å². The summed E-state index contributed by atoms with van der Waals surface area (Å²) in [6.45, 7) is 0. The molecule has 28 heavy (non-hydrogen) atoms. The minimum atomic E-state index is -0.358. The number of carbonyl (C=O) groups is 2. The number of urea groups is 1. The monoisotopic (exact) mass is 381 g/mol. The van der Waals surface area contributed by atoms with Gasteiger partial charge in [0.15, 0.2) is 0 Å². The van der Waals surface area contributed by atoms with Gasteiger partial charge in [-0.1, -0.05) is 18.2 Å². The number of carbonyl (C=O) groups excluding carboxylic acids is 2. The smallest absolute Gasteiger partial charge is 0.322 e. The van der Waals surface area contributed by atoms with Crippen molar-refractivity contribution >= 4 is 17.6 Å². The van der Waals surface area contributed by atoms with Crippen LogP contribution in [0.1, 0.15) is 42.5 Å². The van der Waals surface area contributed by atoms with Gasteiger partial charge < -0.3 is 15.5 Å². The van der Waals surface area contributed by atoms with E-state index in [-0.39, 0.29) is 35.9 Å². The van der Waals surface area contributed by atoms with Gasteiger partial charge in [-0.15, -0.1) is 0 Å². The lowest BCUT2D eigenvalue weighted by molar-refractivity contribution is 0.0577. The van der Waals surface area contributed by atoms with Crippen LogP contribution in [0, 0.1) is 5.82 Å². The fraction of sp³-hybridized carbons (Fsp3) is 0.364. The Morgan fingerprint density at radius 2 is 1.57 bits per heavy atom. The van der Waals surface area contributed by atoms with Crippen LogP contribution in [0.3, 0.4) is 0 Å². The maximum atomic E-state index is 13.1. The zero-order chi connectivity index (χ0) is 19.5. The Balaban J connectivity index is 1.41. The Hall–Kier alpha value is -2.89. The van der Waals surface area contributed by atoms with Gasteiger partial charge in [0.25, 0.3) is 5.91 Å². The summed E-state index contributed by atoms with van der Waals surface area (Å²) < 4.78 is 13.1. The normalized spacial score (nSPS) is 23.8. The SMILES string of the molecule is O=C(NC1C[C@H]2CCC[C@@H](C1)N2C(=O)Nc1ccccc1)c1ccc(F)cc1. The van der Waals surface area contributed by atoms with E-state index in [1.54, 1.807) is 0 Å². The summed E-state index contributed by atoms with van der Waals surface area (Å²) in [4.78, 5) is 27.3. The van der Waals surface area contributed by atoms with Crippen molar-refractivity contribution in [2.24, 2.45) is 0 Å². The molecule has 2 aromatic carbocycles. The third-order valence-electron chi connectivity index (χ3n) is 5.68. The quantitative estimate of drug-likeness (QED) is 0.838. The van der Waals surface area contributed by atoms with Crippen LogP contribution in [0.2, 0.25) is 0 Å². The first kappa shape index (κ1) is 18.5. The number of nitrogens with zero attached hydrogens (tertiary/aromatic N) is 1. The molecular formula is C22H24FN3O2. The Labute approximate surface area is 163 Å². The lowest BCUT2D eigenvalue weighted by atomic mass is 9.82. The van der Waals surface area contributed by atoms with Gasteiger partial charge in [-0.3, -0.25) is 4.79 Å². The van der Waals surface area contributed by atoms with Crippen molar-refractivity contribution in [3.63, 3.8) is 0 Å². The van der Waals surface area contributed by atoms with Gasteiger partial charge >= 0.3 is 6.03 Å². The highest BCUT2D eigenvalue weighted by Crippen LogP contribution is 2.34. The third-order valence-corrected chi connectivity index (χ3v) is 5.68. The molecule has 2 heterocycles. The fourth-order valence-electron chi connectivity index (χ4n) is 4.41. The molecule has 2 aromatic rings. The largest absolute Gasteiger partial charge is 0.349 e. The molecule has 2 aliphatic rings. The van der Waals surface area contributed by atoms with E-state index >= 15 is 0 Å². The maximum absolute atomic E-state index is 13.1. The number of halogens is 1. The van der Waals surface area contributed by atoms with E-state index in [4.69, 9.17) is 0 Å². The van der Waals surface area contributed by atoms with Gasteiger partial charge in [0.2, 0.25) is 0 Å². The summed E-state index contributed by atoms with van der Waals surface area (Å²) in [6.07, 6.45) is 4.48. The molecule has 0 aliphatic carbocycles. The first-order chi connectivity index (χ1) is 13.6. The lowest BCUT2D eigenvalue weighted by Gasteiger charge is -2.48. The van der Waals surface area contributed by atoms with E-state index in [1.807, 2.05) is 35.2 Å². The van der Waals surface area contributed by atoms with Crippen LogP contribution in [0.4, 0.5) is 14.9 Å². The van der Waals surface area contributed by atoms with Crippen LogP contribution in [0.15, 0.2) is 54.6 Å². The molecule has 3 amide bonds. The number of hydrogen-bond donors (Lipinski definition) is 2. The van der Waals surface area contributed by atoms with Crippen LogP contribution < -0.4 is 10.6 Å². The van der Waals surface area contributed by atoms with E-state index in [0.29, 0.717) is 5.56 Å². The number of para-hydroxylation sites is 1. The van der Waals surface area contributed by atoms with E-state index in [2.05, 4.69) is 10.6 Å². The predicted molar refractivity (Wildman–Crippen MR) is 106 cm³/mol. The number of benzene rings is 2. The molecule has 4 rings (SSSR count). The number of rotatable bonds is 3.